The van der Waals surface area contributed by atoms with Gasteiger partial charge in [-0.25, -0.2) is 4.68 Å². The van der Waals surface area contributed by atoms with Crippen LogP contribution in [0.1, 0.15) is 34.5 Å². The summed E-state index contributed by atoms with van der Waals surface area (Å²) in [6.45, 7) is 0.952. The minimum atomic E-state index is -0.307. The molecule has 9 heteroatoms. The van der Waals surface area contributed by atoms with Gasteiger partial charge in [0.2, 0.25) is 5.91 Å². The first-order chi connectivity index (χ1) is 16.4. The van der Waals surface area contributed by atoms with E-state index in [0.717, 1.165) is 28.1 Å². The van der Waals surface area contributed by atoms with Crippen LogP contribution < -0.4 is 15.2 Å². The fourth-order valence-corrected chi connectivity index (χ4v) is 4.96. The molecule has 2 heterocycles. The molecule has 176 valence electrons. The Morgan fingerprint density at radius 3 is 2.32 bits per heavy atom. The van der Waals surface area contributed by atoms with E-state index in [1.165, 1.54) is 0 Å². The maximum absolute atomic E-state index is 13.6. The molecule has 2 N–H and O–H groups in total. The normalized spacial score (nSPS) is 15.1. The predicted molar refractivity (Wildman–Crippen MR) is 128 cm³/mol. The number of carbonyl (C=O) groups is 2. The fraction of sp³-hybridized carbons (Fsp3) is 0.320. The lowest BCUT2D eigenvalue weighted by Gasteiger charge is -2.30. The van der Waals surface area contributed by atoms with Crippen molar-refractivity contribution in [2.45, 2.75) is 19.3 Å². The third kappa shape index (κ3) is 3.68. The number of methoxy groups -OCH3 is 2. The average molecular weight is 481 g/mol. The third-order valence-electron chi connectivity index (χ3n) is 6.67. The van der Waals surface area contributed by atoms with Crippen molar-refractivity contribution in [1.29, 1.82) is 0 Å². The van der Waals surface area contributed by atoms with E-state index >= 15 is 0 Å². The monoisotopic (exact) mass is 480 g/mol. The van der Waals surface area contributed by atoms with Crippen molar-refractivity contribution in [3.05, 3.63) is 58.2 Å². The van der Waals surface area contributed by atoms with Crippen LogP contribution in [-0.4, -0.2) is 53.8 Å². The van der Waals surface area contributed by atoms with Crippen LogP contribution in [0.15, 0.2) is 36.4 Å². The second-order valence-corrected chi connectivity index (χ2v) is 9.01. The van der Waals surface area contributed by atoms with Crippen molar-refractivity contribution < 1.29 is 19.1 Å². The molecule has 1 fully saturated rings. The SMILES string of the molecule is COc1cc2c(cc1OC)-c1c(c(C(=O)N3CCC(C(N)=O)CC3)nn1-c1ccc(Cl)cc1)C2. The van der Waals surface area contributed by atoms with E-state index in [2.05, 4.69) is 0 Å². The topological polar surface area (TPSA) is 99.7 Å². The number of primary amides is 1. The molecule has 0 bridgehead atoms. The number of rotatable bonds is 5. The molecule has 0 saturated carbocycles. The van der Waals surface area contributed by atoms with Crippen LogP contribution in [0.5, 0.6) is 11.5 Å². The predicted octanol–water partition coefficient (Wildman–Crippen LogP) is 3.45. The van der Waals surface area contributed by atoms with Crippen molar-refractivity contribution in [2.24, 2.45) is 11.7 Å². The van der Waals surface area contributed by atoms with Crippen LogP contribution in [0.3, 0.4) is 0 Å². The van der Waals surface area contributed by atoms with E-state index in [0.29, 0.717) is 54.6 Å². The molecule has 2 aliphatic rings. The minimum absolute atomic E-state index is 0.140. The lowest BCUT2D eigenvalue weighted by molar-refractivity contribution is -0.123. The van der Waals surface area contributed by atoms with Gasteiger partial charge in [0.05, 0.1) is 25.6 Å². The molecule has 5 rings (SSSR count). The van der Waals surface area contributed by atoms with E-state index in [1.54, 1.807) is 35.9 Å². The zero-order chi connectivity index (χ0) is 24.0. The third-order valence-corrected chi connectivity index (χ3v) is 6.93. The summed E-state index contributed by atoms with van der Waals surface area (Å²) in [7, 11) is 3.20. The number of aromatic nitrogens is 2. The van der Waals surface area contributed by atoms with Crippen molar-refractivity contribution >= 4 is 23.4 Å². The number of likely N-dealkylation sites (tertiary alicyclic amines) is 1. The highest BCUT2D eigenvalue weighted by molar-refractivity contribution is 6.30. The van der Waals surface area contributed by atoms with Crippen LogP contribution in [0, 0.1) is 5.92 Å². The van der Waals surface area contributed by atoms with Gasteiger partial charge in [0.1, 0.15) is 0 Å². The highest BCUT2D eigenvalue weighted by Gasteiger charge is 2.35. The quantitative estimate of drug-likeness (QED) is 0.471. The summed E-state index contributed by atoms with van der Waals surface area (Å²) in [6.07, 6.45) is 1.68. The van der Waals surface area contributed by atoms with E-state index in [9.17, 15) is 9.59 Å². The van der Waals surface area contributed by atoms with E-state index in [-0.39, 0.29) is 17.7 Å². The van der Waals surface area contributed by atoms with Crippen LogP contribution in [-0.2, 0) is 11.2 Å². The Bertz CT molecular complexity index is 1280. The number of amides is 2. The number of hydrogen-bond acceptors (Lipinski definition) is 5. The molecular weight excluding hydrogens is 456 g/mol. The Balaban J connectivity index is 1.59. The standard InChI is InChI=1S/C25H25ClN4O4/c1-33-20-12-15-11-19-22(25(32)29-9-7-14(8-10-29)24(27)31)28-30(17-5-3-16(26)4-6-17)23(19)18(15)13-21(20)34-2/h3-6,12-14H,7-11H2,1-2H3,(H2,27,31). The zero-order valence-corrected chi connectivity index (χ0v) is 19.8. The molecule has 1 aliphatic carbocycles. The van der Waals surface area contributed by atoms with Gasteiger partial charge in [-0.2, -0.15) is 5.10 Å². The van der Waals surface area contributed by atoms with Gasteiger partial charge in [-0.1, -0.05) is 11.6 Å². The van der Waals surface area contributed by atoms with Gasteiger partial charge in [0.15, 0.2) is 17.2 Å². The minimum Gasteiger partial charge on any atom is -0.493 e. The molecule has 1 saturated heterocycles. The van der Waals surface area contributed by atoms with E-state index in [4.69, 9.17) is 31.9 Å². The van der Waals surface area contributed by atoms with E-state index in [1.807, 2.05) is 24.3 Å². The van der Waals surface area contributed by atoms with Gasteiger partial charge in [0.25, 0.3) is 5.91 Å². The molecule has 0 spiro atoms. The average Bonchev–Trinajstić information content (AvgIpc) is 3.40. The Morgan fingerprint density at radius 2 is 1.71 bits per heavy atom. The lowest BCUT2D eigenvalue weighted by Crippen LogP contribution is -2.42. The number of piperidine rings is 1. The molecule has 1 aliphatic heterocycles. The smallest absolute Gasteiger partial charge is 0.274 e. The summed E-state index contributed by atoms with van der Waals surface area (Å²) in [5.41, 5.74) is 10.4. The second kappa shape index (κ2) is 8.68. The number of nitrogens with two attached hydrogens (primary N) is 1. The van der Waals surface area contributed by atoms with Gasteiger partial charge in [-0.15, -0.1) is 0 Å². The largest absolute Gasteiger partial charge is 0.493 e. The Labute approximate surface area is 202 Å². The van der Waals surface area contributed by atoms with Gasteiger partial charge in [0, 0.05) is 41.6 Å². The molecule has 0 radical (unpaired) electrons. The molecule has 0 atom stereocenters. The van der Waals surface area contributed by atoms with Crippen molar-refractivity contribution in [3.8, 4) is 28.4 Å². The van der Waals surface area contributed by atoms with Crippen LogP contribution in [0.4, 0.5) is 0 Å². The fourth-order valence-electron chi connectivity index (χ4n) is 4.83. The number of carbonyl (C=O) groups excluding carboxylic acids is 2. The number of halogens is 1. The first kappa shape index (κ1) is 22.3. The number of ether oxygens (including phenoxy) is 2. The molecule has 0 unspecified atom stereocenters. The molecule has 3 aromatic rings. The number of fused-ring (bicyclic) bond motifs is 3. The van der Waals surface area contributed by atoms with Gasteiger partial charge in [-0.05, 0) is 54.8 Å². The second-order valence-electron chi connectivity index (χ2n) is 8.57. The van der Waals surface area contributed by atoms with Crippen LogP contribution in [0.25, 0.3) is 16.9 Å². The molecule has 2 aromatic carbocycles. The number of nitrogens with zero attached hydrogens (tertiary/aromatic N) is 3. The van der Waals surface area contributed by atoms with Crippen molar-refractivity contribution in [3.63, 3.8) is 0 Å². The van der Waals surface area contributed by atoms with Gasteiger partial charge < -0.3 is 20.1 Å². The molecular formula is C25H25ClN4O4. The maximum Gasteiger partial charge on any atom is 0.274 e. The first-order valence-corrected chi connectivity index (χ1v) is 11.5. The number of benzene rings is 2. The van der Waals surface area contributed by atoms with Crippen molar-refractivity contribution in [2.75, 3.05) is 27.3 Å². The summed E-state index contributed by atoms with van der Waals surface area (Å²) in [4.78, 5) is 26.9. The summed E-state index contributed by atoms with van der Waals surface area (Å²) in [6, 6.07) is 11.2. The summed E-state index contributed by atoms with van der Waals surface area (Å²) < 4.78 is 12.8. The summed E-state index contributed by atoms with van der Waals surface area (Å²) >= 11 is 6.11. The Hall–Kier alpha value is -3.52. The highest BCUT2D eigenvalue weighted by Crippen LogP contribution is 2.45. The summed E-state index contributed by atoms with van der Waals surface area (Å²) in [5, 5.41) is 5.40. The van der Waals surface area contributed by atoms with Gasteiger partial charge >= 0.3 is 0 Å². The van der Waals surface area contributed by atoms with E-state index < -0.39 is 0 Å². The maximum atomic E-state index is 13.6. The number of hydrogen-bond donors (Lipinski definition) is 1. The summed E-state index contributed by atoms with van der Waals surface area (Å²) in [5.74, 6) is 0.612. The lowest BCUT2D eigenvalue weighted by atomic mass is 9.96. The Kier molecular flexibility index (Phi) is 5.69. The van der Waals surface area contributed by atoms with Crippen LogP contribution in [0.2, 0.25) is 5.02 Å². The Morgan fingerprint density at radius 1 is 1.06 bits per heavy atom. The van der Waals surface area contributed by atoms with Gasteiger partial charge in [-0.3, -0.25) is 9.59 Å². The molecule has 1 aromatic heterocycles. The molecule has 34 heavy (non-hydrogen) atoms. The van der Waals surface area contributed by atoms with Crippen molar-refractivity contribution in [1.82, 2.24) is 14.7 Å². The molecule has 2 amide bonds. The van der Waals surface area contributed by atoms with Crippen LogP contribution >= 0.6 is 11.6 Å². The zero-order valence-electron chi connectivity index (χ0n) is 19.0. The molecule has 8 nitrogen and oxygen atoms in total. The first-order valence-electron chi connectivity index (χ1n) is 11.1. The highest BCUT2D eigenvalue weighted by atomic mass is 35.5.